The number of nitrogens with one attached hydrogen (secondary N) is 2. The Bertz CT molecular complexity index is 537. The van der Waals surface area contributed by atoms with Crippen LogP contribution in [0.3, 0.4) is 0 Å². The third-order valence-electron chi connectivity index (χ3n) is 3.61. The number of rotatable bonds is 10. The average Bonchev–Trinajstić information content (AvgIpc) is 2.58. The fourth-order valence-electron chi connectivity index (χ4n) is 2.24. The SMILES string of the molecule is CCOc1cccc(C(C)NC(=O)C(CCSC)NC(=O)CC)c1. The monoisotopic (exact) mass is 352 g/mol. The Kier molecular flexibility index (Phi) is 9.30. The highest BCUT2D eigenvalue weighted by molar-refractivity contribution is 7.98. The summed E-state index contributed by atoms with van der Waals surface area (Å²) in [6, 6.07) is 7.03. The number of carbonyl (C=O) groups excluding carboxylic acids is 2. The lowest BCUT2D eigenvalue weighted by Crippen LogP contribution is -2.47. The maximum Gasteiger partial charge on any atom is 0.243 e. The molecule has 1 aromatic rings. The summed E-state index contributed by atoms with van der Waals surface area (Å²) in [4.78, 5) is 24.2. The molecule has 0 heterocycles. The highest BCUT2D eigenvalue weighted by Gasteiger charge is 2.21. The third kappa shape index (κ3) is 6.83. The van der Waals surface area contributed by atoms with Gasteiger partial charge in [-0.1, -0.05) is 19.1 Å². The second-order valence-electron chi connectivity index (χ2n) is 5.49. The fourth-order valence-corrected chi connectivity index (χ4v) is 2.71. The van der Waals surface area contributed by atoms with E-state index in [1.807, 2.05) is 44.4 Å². The van der Waals surface area contributed by atoms with Crippen molar-refractivity contribution in [3.05, 3.63) is 29.8 Å². The highest BCUT2D eigenvalue weighted by Crippen LogP contribution is 2.19. The van der Waals surface area contributed by atoms with Crippen molar-refractivity contribution in [1.82, 2.24) is 10.6 Å². The summed E-state index contributed by atoms with van der Waals surface area (Å²) < 4.78 is 5.50. The van der Waals surface area contributed by atoms with Gasteiger partial charge in [0.2, 0.25) is 11.8 Å². The van der Waals surface area contributed by atoms with Gasteiger partial charge < -0.3 is 15.4 Å². The molecule has 0 radical (unpaired) electrons. The van der Waals surface area contributed by atoms with E-state index in [0.29, 0.717) is 19.4 Å². The van der Waals surface area contributed by atoms with Gasteiger partial charge >= 0.3 is 0 Å². The number of amides is 2. The lowest BCUT2D eigenvalue weighted by atomic mass is 10.1. The van der Waals surface area contributed by atoms with Crippen LogP contribution in [0.15, 0.2) is 24.3 Å². The van der Waals surface area contributed by atoms with E-state index in [1.54, 1.807) is 18.7 Å². The van der Waals surface area contributed by atoms with Crippen LogP contribution in [0.2, 0.25) is 0 Å². The predicted molar refractivity (Wildman–Crippen MR) is 99.4 cm³/mol. The first-order valence-corrected chi connectivity index (χ1v) is 9.72. The van der Waals surface area contributed by atoms with Gasteiger partial charge in [0, 0.05) is 6.42 Å². The van der Waals surface area contributed by atoms with Gasteiger partial charge in [0.25, 0.3) is 0 Å². The number of carbonyl (C=O) groups is 2. The molecule has 0 aromatic heterocycles. The van der Waals surface area contributed by atoms with Crippen LogP contribution in [-0.4, -0.2) is 36.5 Å². The normalized spacial score (nSPS) is 13.0. The minimum atomic E-state index is -0.498. The molecule has 0 aliphatic carbocycles. The third-order valence-corrected chi connectivity index (χ3v) is 4.26. The molecule has 1 rings (SSSR count). The van der Waals surface area contributed by atoms with Crippen LogP contribution in [0.25, 0.3) is 0 Å². The van der Waals surface area contributed by atoms with Gasteiger partial charge in [-0.05, 0) is 50.0 Å². The topological polar surface area (TPSA) is 67.4 Å². The zero-order valence-corrected chi connectivity index (χ0v) is 15.7. The van der Waals surface area contributed by atoms with Gasteiger partial charge in [0.05, 0.1) is 12.6 Å². The first-order valence-electron chi connectivity index (χ1n) is 8.33. The molecule has 0 fully saturated rings. The minimum absolute atomic E-state index is 0.109. The molecule has 5 nitrogen and oxygen atoms in total. The van der Waals surface area contributed by atoms with E-state index in [-0.39, 0.29) is 17.9 Å². The van der Waals surface area contributed by atoms with E-state index in [9.17, 15) is 9.59 Å². The Hall–Kier alpha value is -1.69. The smallest absolute Gasteiger partial charge is 0.243 e. The summed E-state index contributed by atoms with van der Waals surface area (Å²) in [6.45, 7) is 6.24. The molecule has 24 heavy (non-hydrogen) atoms. The van der Waals surface area contributed by atoms with Crippen molar-refractivity contribution in [3.8, 4) is 5.75 Å². The van der Waals surface area contributed by atoms with Gasteiger partial charge in [-0.25, -0.2) is 0 Å². The van der Waals surface area contributed by atoms with E-state index >= 15 is 0 Å². The summed E-state index contributed by atoms with van der Waals surface area (Å²) in [6.07, 6.45) is 2.97. The first-order chi connectivity index (χ1) is 11.5. The highest BCUT2D eigenvalue weighted by atomic mass is 32.2. The number of thioether (sulfide) groups is 1. The molecular weight excluding hydrogens is 324 g/mol. The molecule has 0 spiro atoms. The molecule has 2 N–H and O–H groups in total. The summed E-state index contributed by atoms with van der Waals surface area (Å²) in [5, 5.41) is 5.79. The standard InChI is InChI=1S/C18H28N2O3S/c1-5-17(21)20-16(10-11-24-4)18(22)19-13(3)14-8-7-9-15(12-14)23-6-2/h7-9,12-13,16H,5-6,10-11H2,1-4H3,(H,19,22)(H,20,21). The molecule has 2 unspecified atom stereocenters. The Labute approximate surface area is 148 Å². The number of ether oxygens (including phenoxy) is 1. The molecule has 0 aliphatic heterocycles. The van der Waals surface area contributed by atoms with Gasteiger partial charge in [-0.2, -0.15) is 11.8 Å². The summed E-state index contributed by atoms with van der Waals surface area (Å²) in [5.41, 5.74) is 0.972. The van der Waals surface area contributed by atoms with Crippen LogP contribution in [0.1, 0.15) is 45.2 Å². The maximum absolute atomic E-state index is 12.5. The van der Waals surface area contributed by atoms with E-state index < -0.39 is 6.04 Å². The average molecular weight is 353 g/mol. The van der Waals surface area contributed by atoms with Crippen molar-refractivity contribution in [2.75, 3.05) is 18.6 Å². The largest absolute Gasteiger partial charge is 0.494 e. The van der Waals surface area contributed by atoms with Crippen LogP contribution in [-0.2, 0) is 9.59 Å². The van der Waals surface area contributed by atoms with Crippen LogP contribution in [0.5, 0.6) is 5.75 Å². The number of hydrogen-bond acceptors (Lipinski definition) is 4. The van der Waals surface area contributed by atoms with Gasteiger partial charge in [0.15, 0.2) is 0 Å². The first kappa shape index (κ1) is 20.4. The molecule has 0 saturated heterocycles. The summed E-state index contributed by atoms with van der Waals surface area (Å²) in [5.74, 6) is 1.34. The van der Waals surface area contributed by atoms with Crippen molar-refractivity contribution in [1.29, 1.82) is 0 Å². The van der Waals surface area contributed by atoms with E-state index in [2.05, 4.69) is 10.6 Å². The Morgan fingerprint density at radius 1 is 1.25 bits per heavy atom. The van der Waals surface area contributed by atoms with E-state index in [4.69, 9.17) is 4.74 Å². The quantitative estimate of drug-likeness (QED) is 0.679. The molecule has 2 amide bonds. The van der Waals surface area contributed by atoms with Crippen molar-refractivity contribution >= 4 is 23.6 Å². The van der Waals surface area contributed by atoms with Crippen molar-refractivity contribution in [3.63, 3.8) is 0 Å². The van der Waals surface area contributed by atoms with E-state index in [0.717, 1.165) is 17.1 Å². The number of hydrogen-bond donors (Lipinski definition) is 2. The second-order valence-corrected chi connectivity index (χ2v) is 6.48. The predicted octanol–water partition coefficient (Wildman–Crippen LogP) is 2.91. The maximum atomic E-state index is 12.5. The summed E-state index contributed by atoms with van der Waals surface area (Å²) in [7, 11) is 0. The molecule has 0 bridgehead atoms. The molecule has 134 valence electrons. The molecular formula is C18H28N2O3S. The summed E-state index contributed by atoms with van der Waals surface area (Å²) >= 11 is 1.66. The number of benzene rings is 1. The zero-order chi connectivity index (χ0) is 17.9. The molecule has 6 heteroatoms. The van der Waals surface area contributed by atoms with Crippen LogP contribution in [0.4, 0.5) is 0 Å². The fraction of sp³-hybridized carbons (Fsp3) is 0.556. The Morgan fingerprint density at radius 3 is 2.62 bits per heavy atom. The second kappa shape index (κ2) is 11.0. The lowest BCUT2D eigenvalue weighted by molar-refractivity contribution is -0.129. The Morgan fingerprint density at radius 2 is 2.00 bits per heavy atom. The molecule has 0 saturated carbocycles. The van der Waals surface area contributed by atoms with Gasteiger partial charge in [0.1, 0.15) is 11.8 Å². The van der Waals surface area contributed by atoms with Crippen molar-refractivity contribution < 1.29 is 14.3 Å². The van der Waals surface area contributed by atoms with Crippen LogP contribution in [0, 0.1) is 0 Å². The van der Waals surface area contributed by atoms with Crippen molar-refractivity contribution in [2.45, 2.75) is 45.7 Å². The molecule has 0 aliphatic rings. The van der Waals surface area contributed by atoms with Crippen molar-refractivity contribution in [2.24, 2.45) is 0 Å². The van der Waals surface area contributed by atoms with E-state index in [1.165, 1.54) is 0 Å². The molecule has 1 aromatic carbocycles. The van der Waals surface area contributed by atoms with Gasteiger partial charge in [-0.3, -0.25) is 9.59 Å². The van der Waals surface area contributed by atoms with Crippen LogP contribution < -0.4 is 15.4 Å². The lowest BCUT2D eigenvalue weighted by Gasteiger charge is -2.21. The zero-order valence-electron chi connectivity index (χ0n) is 14.9. The van der Waals surface area contributed by atoms with Crippen LogP contribution >= 0.6 is 11.8 Å². The molecule has 2 atom stereocenters. The Balaban J connectivity index is 2.73. The van der Waals surface area contributed by atoms with Gasteiger partial charge in [-0.15, -0.1) is 0 Å². The minimum Gasteiger partial charge on any atom is -0.494 e.